The quantitative estimate of drug-likeness (QED) is 0.160. The summed E-state index contributed by atoms with van der Waals surface area (Å²) in [6.07, 6.45) is 5.71. The van der Waals surface area contributed by atoms with Crippen LogP contribution in [0.2, 0.25) is 10.0 Å². The maximum absolute atomic E-state index is 13.3. The van der Waals surface area contributed by atoms with E-state index in [9.17, 15) is 18.0 Å². The number of ether oxygens (including phenoxy) is 1. The van der Waals surface area contributed by atoms with Crippen LogP contribution in [0, 0.1) is 0 Å². The van der Waals surface area contributed by atoms with Gasteiger partial charge in [0.25, 0.3) is 5.56 Å². The number of fused-ring (bicyclic) bond motifs is 1. The Bertz CT molecular complexity index is 2320. The number of pyridine rings is 2. The summed E-state index contributed by atoms with van der Waals surface area (Å²) in [7, 11) is -1.38. The van der Waals surface area contributed by atoms with Gasteiger partial charge in [0.05, 0.1) is 39.9 Å². The van der Waals surface area contributed by atoms with E-state index < -0.39 is 9.84 Å². The lowest BCUT2D eigenvalue weighted by atomic mass is 9.97. The molecule has 11 nitrogen and oxygen atoms in total. The number of carbonyl (C=O) groups excluding carboxylic acids is 1. The topological polar surface area (TPSA) is 144 Å². The number of halogens is 2. The van der Waals surface area contributed by atoms with Crippen molar-refractivity contribution in [3.8, 4) is 39.4 Å². The number of methoxy groups -OCH3 is 1. The normalized spacial score (nSPS) is 17.4. The molecule has 0 radical (unpaired) electrons. The Morgan fingerprint density at radius 2 is 1.62 bits per heavy atom. The highest BCUT2D eigenvalue weighted by Crippen LogP contribution is 2.42. The summed E-state index contributed by atoms with van der Waals surface area (Å²) in [5.41, 5.74) is 6.05. The molecule has 270 valence electrons. The van der Waals surface area contributed by atoms with Crippen molar-refractivity contribution < 1.29 is 17.9 Å². The molecule has 2 aromatic carbocycles. The molecule has 0 saturated carbocycles. The van der Waals surface area contributed by atoms with Crippen molar-refractivity contribution in [3.63, 3.8) is 0 Å². The molecule has 5 aromatic rings. The van der Waals surface area contributed by atoms with Crippen LogP contribution in [-0.4, -0.2) is 65.9 Å². The minimum Gasteiger partial charge on any atom is -0.481 e. The van der Waals surface area contributed by atoms with Gasteiger partial charge in [-0.15, -0.1) is 0 Å². The first kappa shape index (κ1) is 36.0. The monoisotopic (exact) mass is 760 g/mol. The minimum absolute atomic E-state index is 0.0429. The smallest absolute Gasteiger partial charge is 0.262 e. The van der Waals surface area contributed by atoms with Crippen molar-refractivity contribution >= 4 is 44.6 Å². The number of nitrogens with one attached hydrogen (secondary N) is 3. The Balaban J connectivity index is 1.10. The second-order valence-electron chi connectivity index (χ2n) is 13.2. The molecule has 1 amide bonds. The maximum Gasteiger partial charge on any atom is 0.262 e. The van der Waals surface area contributed by atoms with Gasteiger partial charge in [-0.25, -0.2) is 18.4 Å². The molecule has 2 aliphatic rings. The Kier molecular flexibility index (Phi) is 10.6. The molecule has 1 atom stereocenters. The lowest BCUT2D eigenvalue weighted by molar-refractivity contribution is -0.119. The van der Waals surface area contributed by atoms with E-state index in [0.29, 0.717) is 71.7 Å². The fraction of sp³-hybridized carbons (Fsp3) is 0.316. The van der Waals surface area contributed by atoms with Crippen molar-refractivity contribution in [1.29, 1.82) is 0 Å². The predicted octanol–water partition coefficient (Wildman–Crippen LogP) is 5.44. The van der Waals surface area contributed by atoms with E-state index in [4.69, 9.17) is 32.9 Å². The van der Waals surface area contributed by atoms with Crippen molar-refractivity contribution in [2.24, 2.45) is 0 Å². The number of rotatable bonds is 11. The zero-order chi connectivity index (χ0) is 36.4. The standard InChI is InChI=1S/C38H38Cl2N6O5S/c1-51-37-24(19-41-22-27-9-11-34(47)44-27)8-10-32(45-37)31-7-3-6-30(36(31)40)29-5-2-4-28(35(29)39)23-12-15-46-33(18-23)43-21-25(38(46)48)20-42-26-13-16-52(49,50)17-14-26/h2-8,10,12,15,18,21,26-27,41-42H,9,11,13-14,16-17,19-20,22H2,1H3,(H,44,47)/t27-/m0/s1. The zero-order valence-corrected chi connectivity index (χ0v) is 30.8. The minimum atomic E-state index is -2.96. The predicted molar refractivity (Wildman–Crippen MR) is 204 cm³/mol. The second-order valence-corrected chi connectivity index (χ2v) is 16.2. The van der Waals surface area contributed by atoms with Crippen LogP contribution in [0.25, 0.3) is 39.2 Å². The van der Waals surface area contributed by atoms with Gasteiger partial charge in [-0.1, -0.05) is 65.7 Å². The number of nitrogens with zero attached hydrogens (tertiary/aromatic N) is 3. The van der Waals surface area contributed by atoms with Crippen molar-refractivity contribution in [2.75, 3.05) is 25.2 Å². The summed E-state index contributed by atoms with van der Waals surface area (Å²) in [6.45, 7) is 1.50. The highest BCUT2D eigenvalue weighted by atomic mass is 35.5. The lowest BCUT2D eigenvalue weighted by Gasteiger charge is -2.23. The molecule has 0 bridgehead atoms. The molecule has 2 aliphatic heterocycles. The first-order valence-corrected chi connectivity index (χ1v) is 19.7. The molecule has 0 aliphatic carbocycles. The molecule has 0 spiro atoms. The highest BCUT2D eigenvalue weighted by Gasteiger charge is 2.24. The van der Waals surface area contributed by atoms with E-state index in [1.54, 1.807) is 19.5 Å². The van der Waals surface area contributed by atoms with Gasteiger partial charge in [-0.05, 0) is 43.0 Å². The third-order valence-electron chi connectivity index (χ3n) is 9.71. The first-order chi connectivity index (χ1) is 25.1. The summed E-state index contributed by atoms with van der Waals surface area (Å²) in [5.74, 6) is 0.891. The molecule has 2 saturated heterocycles. The number of amides is 1. The van der Waals surface area contributed by atoms with Gasteiger partial charge in [0.2, 0.25) is 11.8 Å². The molecule has 0 unspecified atom stereocenters. The van der Waals surface area contributed by atoms with Crippen molar-refractivity contribution in [2.45, 2.75) is 50.9 Å². The molecule has 3 aromatic heterocycles. The average molecular weight is 762 g/mol. The van der Waals surface area contributed by atoms with Crippen LogP contribution in [-0.2, 0) is 27.7 Å². The SMILES string of the molecule is COc1nc(-c2cccc(-c3cccc(-c4ccn5c(=O)c(CNC6CCS(=O)(=O)CC6)cnc5c4)c3Cl)c2Cl)ccc1CNC[C@@H]1CCC(=O)N1. The summed E-state index contributed by atoms with van der Waals surface area (Å²) in [5, 5.41) is 10.7. The van der Waals surface area contributed by atoms with Gasteiger partial charge in [0, 0.05) is 78.3 Å². The summed E-state index contributed by atoms with van der Waals surface area (Å²) >= 11 is 14.2. The Morgan fingerprint density at radius 3 is 2.33 bits per heavy atom. The molecule has 3 N–H and O–H groups in total. The fourth-order valence-electron chi connectivity index (χ4n) is 6.79. The number of carbonyl (C=O) groups is 1. The van der Waals surface area contributed by atoms with Crippen LogP contribution in [0.3, 0.4) is 0 Å². The molecule has 2 fully saturated rings. The third kappa shape index (κ3) is 7.72. The molecular formula is C38H38Cl2N6O5S. The van der Waals surface area contributed by atoms with Gasteiger partial charge in [0.15, 0.2) is 0 Å². The van der Waals surface area contributed by atoms with E-state index in [1.807, 2.05) is 60.7 Å². The van der Waals surface area contributed by atoms with Crippen LogP contribution in [0.15, 0.2) is 77.9 Å². The van der Waals surface area contributed by atoms with E-state index in [1.165, 1.54) is 4.40 Å². The Morgan fingerprint density at radius 1 is 0.904 bits per heavy atom. The molecule has 5 heterocycles. The van der Waals surface area contributed by atoms with Gasteiger partial charge in [0.1, 0.15) is 15.5 Å². The lowest BCUT2D eigenvalue weighted by Crippen LogP contribution is -2.38. The zero-order valence-electron chi connectivity index (χ0n) is 28.5. The summed E-state index contributed by atoms with van der Waals surface area (Å²) < 4.78 is 30.7. The summed E-state index contributed by atoms with van der Waals surface area (Å²) in [4.78, 5) is 34.2. The maximum atomic E-state index is 13.3. The largest absolute Gasteiger partial charge is 0.481 e. The van der Waals surface area contributed by atoms with Gasteiger partial charge in [-0.2, -0.15) is 0 Å². The van der Waals surface area contributed by atoms with Crippen LogP contribution in [0.4, 0.5) is 0 Å². The van der Waals surface area contributed by atoms with Crippen LogP contribution in [0.5, 0.6) is 5.88 Å². The highest BCUT2D eigenvalue weighted by molar-refractivity contribution is 7.91. The number of hydrogen-bond acceptors (Lipinski definition) is 9. The van der Waals surface area contributed by atoms with Gasteiger partial charge in [-0.3, -0.25) is 14.0 Å². The third-order valence-corrected chi connectivity index (χ3v) is 12.2. The average Bonchev–Trinajstić information content (AvgIpc) is 3.56. The van der Waals surface area contributed by atoms with Crippen LogP contribution < -0.4 is 26.2 Å². The second kappa shape index (κ2) is 15.3. The van der Waals surface area contributed by atoms with E-state index in [2.05, 4.69) is 20.9 Å². The van der Waals surface area contributed by atoms with Crippen molar-refractivity contribution in [1.82, 2.24) is 30.3 Å². The number of benzene rings is 2. The molecule has 14 heteroatoms. The fourth-order valence-corrected chi connectivity index (χ4v) is 8.95. The van der Waals surface area contributed by atoms with E-state index in [0.717, 1.165) is 39.8 Å². The number of hydrogen-bond donors (Lipinski definition) is 3. The van der Waals surface area contributed by atoms with Gasteiger partial charge >= 0.3 is 0 Å². The summed E-state index contributed by atoms with van der Waals surface area (Å²) in [6, 6.07) is 19.2. The Hall–Kier alpha value is -4.33. The molecular weight excluding hydrogens is 723 g/mol. The Labute approximate surface area is 311 Å². The molecule has 7 rings (SSSR count). The number of sulfone groups is 1. The molecule has 52 heavy (non-hydrogen) atoms. The van der Waals surface area contributed by atoms with E-state index >= 15 is 0 Å². The van der Waals surface area contributed by atoms with Crippen LogP contribution in [0.1, 0.15) is 36.8 Å². The van der Waals surface area contributed by atoms with Crippen molar-refractivity contribution in [3.05, 3.63) is 105 Å². The first-order valence-electron chi connectivity index (χ1n) is 17.2. The van der Waals surface area contributed by atoms with Crippen LogP contribution >= 0.6 is 23.2 Å². The van der Waals surface area contributed by atoms with E-state index in [-0.39, 0.29) is 35.1 Å². The van der Waals surface area contributed by atoms with Gasteiger partial charge < -0.3 is 20.7 Å². The number of aromatic nitrogens is 3.